The summed E-state index contributed by atoms with van der Waals surface area (Å²) in [4.78, 5) is 26.5. The van der Waals surface area contributed by atoms with Crippen molar-refractivity contribution in [3.63, 3.8) is 0 Å². The van der Waals surface area contributed by atoms with Gasteiger partial charge in [-0.15, -0.1) is 0 Å². The number of carboxylic acid groups (broad SMARTS) is 1. The van der Waals surface area contributed by atoms with E-state index in [0.29, 0.717) is 10.9 Å². The number of hydrogen-bond acceptors (Lipinski definition) is 4. The molecule has 0 radical (unpaired) electrons. The summed E-state index contributed by atoms with van der Waals surface area (Å²) in [7, 11) is 0. The fraction of sp³-hybridized carbons (Fsp3) is 0. The highest BCUT2D eigenvalue weighted by Gasteiger charge is 2.15. The van der Waals surface area contributed by atoms with Gasteiger partial charge >= 0.3 is 5.97 Å². The van der Waals surface area contributed by atoms with Crippen LogP contribution in [0.15, 0.2) is 28.7 Å². The number of fused-ring (bicyclic) bond motifs is 1. The van der Waals surface area contributed by atoms with Crippen LogP contribution in [0.3, 0.4) is 0 Å². The van der Waals surface area contributed by atoms with Crippen molar-refractivity contribution in [2.75, 3.05) is 0 Å². The highest BCUT2D eigenvalue weighted by molar-refractivity contribution is 9.10. The largest absolute Gasteiger partial charge is 0.477 e. The van der Waals surface area contributed by atoms with E-state index in [1.165, 1.54) is 6.07 Å². The first kappa shape index (κ1) is 12.5. The number of nitrogen functional groups attached to an aromatic ring is 1. The summed E-state index contributed by atoms with van der Waals surface area (Å²) < 4.78 is 0.756. The van der Waals surface area contributed by atoms with E-state index in [-0.39, 0.29) is 11.3 Å². The third kappa shape index (κ3) is 2.18. The molecule has 0 spiro atoms. The van der Waals surface area contributed by atoms with Crippen LogP contribution in [-0.2, 0) is 0 Å². The molecule has 0 saturated heterocycles. The molecule has 7 heteroatoms. The topological polar surface area (TPSA) is 105 Å². The van der Waals surface area contributed by atoms with Crippen molar-refractivity contribution in [1.82, 2.24) is 10.4 Å². The van der Waals surface area contributed by atoms with E-state index in [1.807, 2.05) is 5.43 Å². The standard InChI is InChI=1S/C11H8BrN3O3/c12-5-1-2-8-6(3-5)7(10(16)15-13)4-9(14-8)11(17)18/h1-4H,13H2,(H,15,16)(H,17,18). The van der Waals surface area contributed by atoms with Crippen LogP contribution >= 0.6 is 15.9 Å². The van der Waals surface area contributed by atoms with Gasteiger partial charge < -0.3 is 5.11 Å². The van der Waals surface area contributed by atoms with E-state index in [9.17, 15) is 9.59 Å². The maximum absolute atomic E-state index is 11.6. The fourth-order valence-electron chi connectivity index (χ4n) is 1.57. The molecular formula is C11H8BrN3O3. The van der Waals surface area contributed by atoms with E-state index < -0.39 is 11.9 Å². The Labute approximate surface area is 110 Å². The van der Waals surface area contributed by atoms with Crippen molar-refractivity contribution >= 4 is 38.7 Å². The SMILES string of the molecule is NNC(=O)c1cc(C(=O)O)nc2ccc(Br)cc12. The summed E-state index contributed by atoms with van der Waals surface area (Å²) in [5, 5.41) is 9.47. The highest BCUT2D eigenvalue weighted by Crippen LogP contribution is 2.22. The molecule has 0 aliphatic heterocycles. The first-order chi connectivity index (χ1) is 8.52. The minimum Gasteiger partial charge on any atom is -0.477 e. The van der Waals surface area contributed by atoms with Gasteiger partial charge in [-0.1, -0.05) is 15.9 Å². The number of pyridine rings is 1. The molecule has 0 saturated carbocycles. The Balaban J connectivity index is 2.81. The highest BCUT2D eigenvalue weighted by atomic mass is 79.9. The van der Waals surface area contributed by atoms with Gasteiger partial charge in [-0.3, -0.25) is 10.2 Å². The number of amides is 1. The average Bonchev–Trinajstić information content (AvgIpc) is 2.36. The van der Waals surface area contributed by atoms with Gasteiger partial charge in [0.2, 0.25) is 0 Å². The third-order valence-corrected chi connectivity index (χ3v) is 2.86. The molecule has 18 heavy (non-hydrogen) atoms. The molecule has 0 aliphatic rings. The molecule has 0 bridgehead atoms. The van der Waals surface area contributed by atoms with E-state index in [0.717, 1.165) is 4.47 Å². The summed E-state index contributed by atoms with van der Waals surface area (Å²) >= 11 is 3.28. The van der Waals surface area contributed by atoms with Gasteiger partial charge in [0.1, 0.15) is 5.69 Å². The summed E-state index contributed by atoms with van der Waals surface area (Å²) in [5.74, 6) is 3.31. The zero-order chi connectivity index (χ0) is 13.3. The molecule has 6 nitrogen and oxygen atoms in total. The van der Waals surface area contributed by atoms with Crippen LogP contribution in [0, 0.1) is 0 Å². The zero-order valence-electron chi connectivity index (χ0n) is 8.98. The molecule has 0 fully saturated rings. The molecule has 0 unspecified atom stereocenters. The first-order valence-corrected chi connectivity index (χ1v) is 5.67. The summed E-state index contributed by atoms with van der Waals surface area (Å²) in [5.41, 5.74) is 2.36. The Morgan fingerprint density at radius 3 is 2.67 bits per heavy atom. The van der Waals surface area contributed by atoms with Crippen LogP contribution in [0.5, 0.6) is 0 Å². The Bertz CT molecular complexity index is 657. The summed E-state index contributed by atoms with van der Waals surface area (Å²) in [6.45, 7) is 0. The number of carboxylic acids is 1. The number of nitrogens with zero attached hydrogens (tertiary/aromatic N) is 1. The van der Waals surface area contributed by atoms with Crippen LogP contribution in [0.2, 0.25) is 0 Å². The minimum atomic E-state index is -1.20. The number of aromatic carboxylic acids is 1. The van der Waals surface area contributed by atoms with Crippen molar-refractivity contribution in [1.29, 1.82) is 0 Å². The van der Waals surface area contributed by atoms with Crippen LogP contribution in [-0.4, -0.2) is 22.0 Å². The van der Waals surface area contributed by atoms with E-state index >= 15 is 0 Å². The number of rotatable bonds is 2. The molecule has 2 rings (SSSR count). The second-order valence-corrected chi connectivity index (χ2v) is 4.41. The second-order valence-electron chi connectivity index (χ2n) is 3.50. The molecule has 2 aromatic rings. The number of carbonyl (C=O) groups is 2. The summed E-state index contributed by atoms with van der Waals surface area (Å²) in [6, 6.07) is 6.21. The van der Waals surface area contributed by atoms with Crippen molar-refractivity contribution in [2.24, 2.45) is 5.84 Å². The molecule has 1 amide bonds. The first-order valence-electron chi connectivity index (χ1n) is 4.87. The third-order valence-electron chi connectivity index (χ3n) is 2.37. The number of benzene rings is 1. The fourth-order valence-corrected chi connectivity index (χ4v) is 1.93. The van der Waals surface area contributed by atoms with Gasteiger partial charge in [0.05, 0.1) is 11.1 Å². The number of aromatic nitrogens is 1. The van der Waals surface area contributed by atoms with E-state index in [4.69, 9.17) is 10.9 Å². The van der Waals surface area contributed by atoms with E-state index in [1.54, 1.807) is 18.2 Å². The van der Waals surface area contributed by atoms with Gasteiger partial charge in [-0.25, -0.2) is 15.6 Å². The van der Waals surface area contributed by atoms with Crippen molar-refractivity contribution in [3.05, 3.63) is 40.0 Å². The number of halogens is 1. The molecule has 1 aromatic heterocycles. The number of nitrogens with two attached hydrogens (primary N) is 1. The minimum absolute atomic E-state index is 0.168. The molecule has 0 atom stereocenters. The predicted molar refractivity (Wildman–Crippen MR) is 68.1 cm³/mol. The van der Waals surface area contributed by atoms with Crippen LogP contribution in [0.25, 0.3) is 10.9 Å². The number of hydrazine groups is 1. The molecule has 1 heterocycles. The van der Waals surface area contributed by atoms with Gasteiger partial charge in [-0.2, -0.15) is 0 Å². The smallest absolute Gasteiger partial charge is 0.354 e. The molecule has 0 aliphatic carbocycles. The van der Waals surface area contributed by atoms with Gasteiger partial charge in [0, 0.05) is 9.86 Å². The van der Waals surface area contributed by atoms with Crippen LogP contribution in [0.1, 0.15) is 20.8 Å². The van der Waals surface area contributed by atoms with Gasteiger partial charge in [0.25, 0.3) is 5.91 Å². The summed E-state index contributed by atoms with van der Waals surface area (Å²) in [6.07, 6.45) is 0. The van der Waals surface area contributed by atoms with Crippen LogP contribution < -0.4 is 11.3 Å². The van der Waals surface area contributed by atoms with Crippen molar-refractivity contribution < 1.29 is 14.7 Å². The quantitative estimate of drug-likeness (QED) is 0.440. The van der Waals surface area contributed by atoms with Crippen molar-refractivity contribution in [3.8, 4) is 0 Å². The van der Waals surface area contributed by atoms with E-state index in [2.05, 4.69) is 20.9 Å². The van der Waals surface area contributed by atoms with Crippen molar-refractivity contribution in [2.45, 2.75) is 0 Å². The Kier molecular flexibility index (Phi) is 3.26. The predicted octanol–water partition coefficient (Wildman–Crippen LogP) is 1.30. The number of hydrogen-bond donors (Lipinski definition) is 3. The average molecular weight is 310 g/mol. The zero-order valence-corrected chi connectivity index (χ0v) is 10.6. The second kappa shape index (κ2) is 4.71. The lowest BCUT2D eigenvalue weighted by Gasteiger charge is -2.07. The molecule has 4 N–H and O–H groups in total. The molecule has 92 valence electrons. The number of nitrogens with one attached hydrogen (secondary N) is 1. The van der Waals surface area contributed by atoms with Gasteiger partial charge in [0.15, 0.2) is 0 Å². The Hall–Kier alpha value is -1.99. The normalized spacial score (nSPS) is 10.3. The van der Waals surface area contributed by atoms with Gasteiger partial charge in [-0.05, 0) is 24.3 Å². The molecule has 1 aromatic carbocycles. The molecular weight excluding hydrogens is 302 g/mol. The Morgan fingerprint density at radius 1 is 1.33 bits per heavy atom. The maximum atomic E-state index is 11.6. The Morgan fingerprint density at radius 2 is 2.06 bits per heavy atom. The lowest BCUT2D eigenvalue weighted by atomic mass is 10.1. The lowest BCUT2D eigenvalue weighted by Crippen LogP contribution is -2.30. The monoisotopic (exact) mass is 309 g/mol. The number of carbonyl (C=O) groups excluding carboxylic acids is 1. The maximum Gasteiger partial charge on any atom is 0.354 e. The van der Waals surface area contributed by atoms with Crippen LogP contribution in [0.4, 0.5) is 0 Å². The lowest BCUT2D eigenvalue weighted by molar-refractivity contribution is 0.0691.